The van der Waals surface area contributed by atoms with Crippen molar-refractivity contribution in [2.45, 2.75) is 93.9 Å². The fourth-order valence-corrected chi connectivity index (χ4v) is 7.29. The molecule has 0 aliphatic carbocycles. The first-order valence-electron chi connectivity index (χ1n) is 19.2. The van der Waals surface area contributed by atoms with Gasteiger partial charge >= 0.3 is 0 Å². The van der Waals surface area contributed by atoms with Gasteiger partial charge < -0.3 is 4.74 Å². The van der Waals surface area contributed by atoms with Crippen molar-refractivity contribution in [3.05, 3.63) is 132 Å². The molecule has 3 aromatic heterocycles. The second-order valence-corrected chi connectivity index (χ2v) is 17.5. The van der Waals surface area contributed by atoms with Gasteiger partial charge in [-0.05, 0) is 120 Å². The number of hydrogen-bond acceptors (Lipinski definition) is 3. The molecule has 5 heteroatoms. The highest BCUT2D eigenvalue weighted by Crippen LogP contribution is 2.37. The summed E-state index contributed by atoms with van der Waals surface area (Å²) in [6, 6.07) is 32.4. The van der Waals surface area contributed by atoms with Gasteiger partial charge in [-0.3, -0.25) is 4.57 Å². The lowest BCUT2D eigenvalue weighted by Crippen LogP contribution is -2.09. The van der Waals surface area contributed by atoms with Gasteiger partial charge in [0.25, 0.3) is 0 Å². The number of nitrogens with zero attached hydrogens (tertiary/aromatic N) is 4. The maximum absolute atomic E-state index is 6.66. The van der Waals surface area contributed by atoms with Crippen molar-refractivity contribution in [3.63, 3.8) is 0 Å². The van der Waals surface area contributed by atoms with E-state index in [4.69, 9.17) is 14.8 Å². The number of fused-ring (bicyclic) bond motifs is 3. The van der Waals surface area contributed by atoms with Crippen molar-refractivity contribution in [3.8, 4) is 34.1 Å². The van der Waals surface area contributed by atoms with Crippen molar-refractivity contribution in [2.75, 3.05) is 0 Å². The third kappa shape index (κ3) is 8.10. The molecule has 0 aliphatic rings. The topological polar surface area (TPSA) is 44.9 Å². The molecule has 0 unspecified atom stereocenters. The largest absolute Gasteiger partial charge is 0.457 e. The number of hydrogen-bond donors (Lipinski definition) is 0. The number of aryl methyl sites for hydroxylation is 3. The maximum Gasteiger partial charge on any atom is 0.137 e. The molecule has 0 spiro atoms. The minimum Gasteiger partial charge on any atom is -0.457 e. The lowest BCUT2D eigenvalue weighted by molar-refractivity contribution is 0.376. The zero-order chi connectivity index (χ0) is 37.5. The van der Waals surface area contributed by atoms with Gasteiger partial charge in [0.15, 0.2) is 0 Å². The second-order valence-electron chi connectivity index (χ2n) is 17.5. The molecule has 0 N–H and O–H groups in total. The minimum absolute atomic E-state index is 0.262. The summed E-state index contributed by atoms with van der Waals surface area (Å²) in [7, 11) is 0. The van der Waals surface area contributed by atoms with Gasteiger partial charge in [0.1, 0.15) is 17.3 Å². The zero-order valence-electron chi connectivity index (χ0n) is 33.0. The molecule has 0 bridgehead atoms. The molecule has 0 fully saturated rings. The van der Waals surface area contributed by atoms with Crippen LogP contribution in [0.1, 0.15) is 96.4 Å². The van der Waals surface area contributed by atoms with E-state index in [-0.39, 0.29) is 10.8 Å². The Balaban J connectivity index is 1.24. The van der Waals surface area contributed by atoms with Crippen LogP contribution in [-0.4, -0.2) is 19.3 Å². The van der Waals surface area contributed by atoms with E-state index in [1.807, 2.05) is 17.1 Å². The Kier molecular flexibility index (Phi) is 9.80. The molecule has 0 radical (unpaired) electrons. The van der Waals surface area contributed by atoms with E-state index in [1.54, 1.807) is 0 Å². The van der Waals surface area contributed by atoms with Gasteiger partial charge in [-0.25, -0.2) is 9.67 Å². The Hall–Kier alpha value is -5.16. The summed E-state index contributed by atoms with van der Waals surface area (Å²) < 4.78 is 10.9. The number of pyridine rings is 1. The van der Waals surface area contributed by atoms with Crippen LogP contribution in [0.2, 0.25) is 0 Å². The smallest absolute Gasteiger partial charge is 0.137 e. The van der Waals surface area contributed by atoms with Crippen molar-refractivity contribution < 1.29 is 4.74 Å². The van der Waals surface area contributed by atoms with E-state index >= 15 is 0 Å². The molecule has 0 saturated carbocycles. The van der Waals surface area contributed by atoms with Crippen molar-refractivity contribution >= 4 is 21.8 Å². The van der Waals surface area contributed by atoms with Crippen LogP contribution in [0.5, 0.6) is 11.5 Å². The van der Waals surface area contributed by atoms with Gasteiger partial charge in [0.2, 0.25) is 0 Å². The Morgan fingerprint density at radius 1 is 0.698 bits per heavy atom. The average Bonchev–Trinajstić information content (AvgIpc) is 3.72. The van der Waals surface area contributed by atoms with Crippen molar-refractivity contribution in [1.29, 1.82) is 0 Å². The Bertz CT molecular complexity index is 2360. The van der Waals surface area contributed by atoms with Crippen LogP contribution < -0.4 is 4.74 Å². The summed E-state index contributed by atoms with van der Waals surface area (Å²) in [5.41, 5.74) is 11.4. The molecular weight excluding hydrogens is 649 g/mol. The first-order valence-corrected chi connectivity index (χ1v) is 19.2. The molecule has 5 nitrogen and oxygen atoms in total. The molecule has 0 aliphatic heterocycles. The third-order valence-corrected chi connectivity index (χ3v) is 10.2. The van der Waals surface area contributed by atoms with E-state index < -0.39 is 0 Å². The van der Waals surface area contributed by atoms with Crippen LogP contribution in [-0.2, 0) is 12.8 Å². The minimum atomic E-state index is 0.262. The Morgan fingerprint density at radius 3 is 2.09 bits per heavy atom. The van der Waals surface area contributed by atoms with Gasteiger partial charge in [-0.1, -0.05) is 91.8 Å². The molecule has 7 aromatic rings. The molecule has 3 heterocycles. The molecule has 0 saturated heterocycles. The highest BCUT2D eigenvalue weighted by molar-refractivity contribution is 6.09. The van der Waals surface area contributed by atoms with Crippen LogP contribution in [0.15, 0.2) is 110 Å². The highest BCUT2D eigenvalue weighted by Gasteiger charge is 2.20. The normalized spacial score (nSPS) is 12.3. The van der Waals surface area contributed by atoms with Crippen LogP contribution >= 0.6 is 0 Å². The average molecular weight is 703 g/mol. The third-order valence-electron chi connectivity index (χ3n) is 10.2. The van der Waals surface area contributed by atoms with Gasteiger partial charge in [0.05, 0.1) is 22.9 Å². The SMILES string of the molecule is Cc1cc(Oc2ccc3c4ccccc4n(-c4cc(C(C)C)ccn4)c3c2)cc(-n2cc(-c3c(CCC(C)(C)C)cccc3CCC(C)(C)C)cn2)c1. The van der Waals surface area contributed by atoms with Gasteiger partial charge in [-0.15, -0.1) is 0 Å². The number of rotatable bonds is 10. The van der Waals surface area contributed by atoms with Crippen molar-refractivity contribution in [1.82, 2.24) is 19.3 Å². The van der Waals surface area contributed by atoms with E-state index in [1.165, 1.54) is 33.0 Å². The quantitative estimate of drug-likeness (QED) is 0.142. The molecule has 7 rings (SSSR count). The maximum atomic E-state index is 6.66. The Labute approximate surface area is 315 Å². The van der Waals surface area contributed by atoms with Crippen LogP contribution in [0.25, 0.3) is 44.4 Å². The number of para-hydroxylation sites is 1. The standard InChI is InChI=1S/C48H54N4O/c1-32(2)36-21-24-49-45(27-36)52-43-16-11-10-15-41(43)42-18-17-39(29-44(42)52)53-40-26-33(3)25-38(28-40)51-31-37(30-50-51)46-34(19-22-47(4,5)6)13-12-14-35(46)20-23-48(7,8)9/h10-18,21,24-32H,19-20,22-23H2,1-9H3. The summed E-state index contributed by atoms with van der Waals surface area (Å²) in [6.07, 6.45) is 10.5. The molecule has 4 aromatic carbocycles. The van der Waals surface area contributed by atoms with Crippen molar-refractivity contribution in [2.24, 2.45) is 10.8 Å². The fraction of sp³-hybridized carbons (Fsp3) is 0.333. The molecule has 0 amide bonds. The zero-order valence-corrected chi connectivity index (χ0v) is 33.0. The Morgan fingerprint density at radius 2 is 1.40 bits per heavy atom. The summed E-state index contributed by atoms with van der Waals surface area (Å²) in [6.45, 7) is 20.5. The van der Waals surface area contributed by atoms with Crippen LogP contribution in [0.4, 0.5) is 0 Å². The number of aromatic nitrogens is 4. The van der Waals surface area contributed by atoms with Crippen LogP contribution in [0, 0.1) is 17.8 Å². The predicted octanol–water partition coefficient (Wildman–Crippen LogP) is 13.2. The fourth-order valence-electron chi connectivity index (χ4n) is 7.29. The van der Waals surface area contributed by atoms with E-state index in [0.717, 1.165) is 70.8 Å². The lowest BCUT2D eigenvalue weighted by atomic mass is 9.83. The van der Waals surface area contributed by atoms with Gasteiger partial charge in [-0.2, -0.15) is 5.10 Å². The first-order chi connectivity index (χ1) is 25.2. The molecule has 272 valence electrons. The highest BCUT2D eigenvalue weighted by atomic mass is 16.5. The van der Waals surface area contributed by atoms with Gasteiger partial charge in [0, 0.05) is 40.9 Å². The lowest BCUT2D eigenvalue weighted by Gasteiger charge is -2.22. The monoisotopic (exact) mass is 702 g/mol. The van der Waals surface area contributed by atoms with E-state index in [2.05, 4.69) is 164 Å². The van der Waals surface area contributed by atoms with E-state index in [9.17, 15) is 0 Å². The molecule has 0 atom stereocenters. The molecule has 53 heavy (non-hydrogen) atoms. The summed E-state index contributed by atoms with van der Waals surface area (Å²) in [4.78, 5) is 4.82. The number of benzene rings is 4. The molecular formula is C48H54N4O. The summed E-state index contributed by atoms with van der Waals surface area (Å²) >= 11 is 0. The summed E-state index contributed by atoms with van der Waals surface area (Å²) in [5.74, 6) is 2.86. The first kappa shape index (κ1) is 36.2. The second kappa shape index (κ2) is 14.3. The summed E-state index contributed by atoms with van der Waals surface area (Å²) in [5, 5.41) is 7.30. The predicted molar refractivity (Wildman–Crippen MR) is 222 cm³/mol. The van der Waals surface area contributed by atoms with E-state index in [0.29, 0.717) is 5.92 Å². The van der Waals surface area contributed by atoms with Crippen LogP contribution in [0.3, 0.4) is 0 Å². The number of ether oxygens (including phenoxy) is 1.